The lowest BCUT2D eigenvalue weighted by molar-refractivity contribution is 0.195. The molecule has 21 heavy (non-hydrogen) atoms. The second-order valence-corrected chi connectivity index (χ2v) is 5.16. The molecule has 1 aromatic heterocycles. The third-order valence-corrected chi connectivity index (χ3v) is 3.65. The third kappa shape index (κ3) is 3.24. The normalized spacial score (nSPS) is 14.8. The van der Waals surface area contributed by atoms with Crippen LogP contribution < -0.4 is 10.2 Å². The SMILES string of the molecule is CCNC(=O)N1CCN(c2cc(C)nc(C)c2C#N)CC1. The molecule has 1 fully saturated rings. The largest absolute Gasteiger partial charge is 0.367 e. The molecular weight excluding hydrogens is 266 g/mol. The minimum Gasteiger partial charge on any atom is -0.367 e. The number of rotatable bonds is 2. The first-order chi connectivity index (χ1) is 10.1. The molecule has 1 N–H and O–H groups in total. The molecule has 6 nitrogen and oxygen atoms in total. The van der Waals surface area contributed by atoms with Crippen LogP contribution in [0.3, 0.4) is 0 Å². The first-order valence-electron chi connectivity index (χ1n) is 7.23. The van der Waals surface area contributed by atoms with Crippen LogP contribution in [0.1, 0.15) is 23.9 Å². The van der Waals surface area contributed by atoms with Gasteiger partial charge in [-0.2, -0.15) is 5.26 Å². The molecule has 2 heterocycles. The van der Waals surface area contributed by atoms with Crippen molar-refractivity contribution in [2.45, 2.75) is 20.8 Å². The summed E-state index contributed by atoms with van der Waals surface area (Å²) in [4.78, 5) is 20.1. The molecule has 2 rings (SSSR count). The summed E-state index contributed by atoms with van der Waals surface area (Å²) in [6, 6.07) is 4.18. The summed E-state index contributed by atoms with van der Waals surface area (Å²) in [5.74, 6) is 0. The molecule has 1 aliphatic rings. The summed E-state index contributed by atoms with van der Waals surface area (Å²) < 4.78 is 0. The lowest BCUT2D eigenvalue weighted by Gasteiger charge is -2.36. The van der Waals surface area contributed by atoms with Gasteiger partial charge in [0.15, 0.2) is 0 Å². The maximum absolute atomic E-state index is 11.8. The van der Waals surface area contributed by atoms with Crippen LogP contribution in [0.5, 0.6) is 0 Å². The fraction of sp³-hybridized carbons (Fsp3) is 0.533. The van der Waals surface area contributed by atoms with Gasteiger partial charge in [0.05, 0.1) is 16.9 Å². The second kappa shape index (κ2) is 6.44. The molecule has 0 aromatic carbocycles. The van der Waals surface area contributed by atoms with E-state index in [-0.39, 0.29) is 6.03 Å². The number of piperazine rings is 1. The Hall–Kier alpha value is -2.29. The van der Waals surface area contributed by atoms with E-state index in [1.165, 1.54) is 0 Å². The van der Waals surface area contributed by atoms with Crippen LogP contribution in [0.25, 0.3) is 0 Å². The highest BCUT2D eigenvalue weighted by Crippen LogP contribution is 2.24. The van der Waals surface area contributed by atoms with Gasteiger partial charge in [0, 0.05) is 38.4 Å². The fourth-order valence-corrected chi connectivity index (χ4v) is 2.61. The van der Waals surface area contributed by atoms with Crippen LogP contribution in [0, 0.1) is 25.2 Å². The summed E-state index contributed by atoms with van der Waals surface area (Å²) in [6.07, 6.45) is 0. The molecule has 0 saturated carbocycles. The number of amides is 2. The average Bonchev–Trinajstić information content (AvgIpc) is 2.47. The highest BCUT2D eigenvalue weighted by atomic mass is 16.2. The number of anilines is 1. The van der Waals surface area contributed by atoms with Gasteiger partial charge in [-0.25, -0.2) is 4.79 Å². The zero-order valence-electron chi connectivity index (χ0n) is 12.8. The van der Waals surface area contributed by atoms with Gasteiger partial charge in [0.1, 0.15) is 6.07 Å². The van der Waals surface area contributed by atoms with Gasteiger partial charge < -0.3 is 15.1 Å². The zero-order valence-corrected chi connectivity index (χ0v) is 12.8. The summed E-state index contributed by atoms with van der Waals surface area (Å²) in [5.41, 5.74) is 3.23. The molecule has 0 unspecified atom stereocenters. The van der Waals surface area contributed by atoms with E-state index >= 15 is 0 Å². The van der Waals surface area contributed by atoms with E-state index in [2.05, 4.69) is 21.3 Å². The number of nitrogens with zero attached hydrogens (tertiary/aromatic N) is 4. The predicted octanol–water partition coefficient (Wildman–Crippen LogP) is 1.42. The number of carbonyl (C=O) groups is 1. The minimum absolute atomic E-state index is 0.0141. The molecular formula is C15H21N5O. The monoisotopic (exact) mass is 287 g/mol. The molecule has 6 heteroatoms. The standard InChI is InChI=1S/C15H21N5O/c1-4-17-15(21)20-7-5-19(6-8-20)14-9-11(2)18-12(3)13(14)10-16/h9H,4-8H2,1-3H3,(H,17,21). The van der Waals surface area contributed by atoms with E-state index in [9.17, 15) is 10.1 Å². The number of hydrogen-bond acceptors (Lipinski definition) is 4. The van der Waals surface area contributed by atoms with Gasteiger partial charge >= 0.3 is 6.03 Å². The average molecular weight is 287 g/mol. The number of carbonyl (C=O) groups excluding carboxylic acids is 1. The Morgan fingerprint density at radius 2 is 2.05 bits per heavy atom. The zero-order chi connectivity index (χ0) is 15.4. The van der Waals surface area contributed by atoms with E-state index < -0.39 is 0 Å². The number of pyridine rings is 1. The fourth-order valence-electron chi connectivity index (χ4n) is 2.61. The number of aromatic nitrogens is 1. The lowest BCUT2D eigenvalue weighted by atomic mass is 10.1. The van der Waals surface area contributed by atoms with Crippen molar-refractivity contribution in [1.82, 2.24) is 15.2 Å². The molecule has 0 radical (unpaired) electrons. The Morgan fingerprint density at radius 3 is 2.62 bits per heavy atom. The number of aryl methyl sites for hydroxylation is 2. The number of urea groups is 1. The molecule has 0 spiro atoms. The smallest absolute Gasteiger partial charge is 0.317 e. The van der Waals surface area contributed by atoms with Gasteiger partial charge in [0.25, 0.3) is 0 Å². The van der Waals surface area contributed by atoms with E-state index in [0.717, 1.165) is 30.2 Å². The first-order valence-corrected chi connectivity index (χ1v) is 7.23. The third-order valence-electron chi connectivity index (χ3n) is 3.65. The quantitative estimate of drug-likeness (QED) is 0.893. The van der Waals surface area contributed by atoms with Crippen molar-refractivity contribution in [3.8, 4) is 6.07 Å². The van der Waals surface area contributed by atoms with E-state index in [1.807, 2.05) is 31.7 Å². The lowest BCUT2D eigenvalue weighted by Crippen LogP contribution is -2.52. The van der Waals surface area contributed by atoms with Crippen LogP contribution in [0.2, 0.25) is 0 Å². The van der Waals surface area contributed by atoms with Crippen LogP contribution >= 0.6 is 0 Å². The Labute approximate surface area is 125 Å². The van der Waals surface area contributed by atoms with Gasteiger partial charge in [-0.1, -0.05) is 0 Å². The van der Waals surface area contributed by atoms with E-state index in [1.54, 1.807) is 0 Å². The summed E-state index contributed by atoms with van der Waals surface area (Å²) >= 11 is 0. The summed E-state index contributed by atoms with van der Waals surface area (Å²) in [6.45, 7) is 9.14. The molecule has 1 aromatic rings. The topological polar surface area (TPSA) is 72.3 Å². The van der Waals surface area contributed by atoms with Gasteiger partial charge in [-0.3, -0.25) is 4.98 Å². The molecule has 0 atom stereocenters. The van der Waals surface area contributed by atoms with Crippen molar-refractivity contribution >= 4 is 11.7 Å². The van der Waals surface area contributed by atoms with Crippen molar-refractivity contribution in [3.05, 3.63) is 23.0 Å². The van der Waals surface area contributed by atoms with Crippen LogP contribution in [-0.4, -0.2) is 48.6 Å². The molecule has 1 saturated heterocycles. The van der Waals surface area contributed by atoms with Crippen LogP contribution in [0.15, 0.2) is 6.07 Å². The van der Waals surface area contributed by atoms with Crippen LogP contribution in [0.4, 0.5) is 10.5 Å². The van der Waals surface area contributed by atoms with Crippen molar-refractivity contribution < 1.29 is 4.79 Å². The highest BCUT2D eigenvalue weighted by molar-refractivity contribution is 5.74. The Kier molecular flexibility index (Phi) is 4.63. The summed E-state index contributed by atoms with van der Waals surface area (Å²) in [5, 5.41) is 12.2. The maximum atomic E-state index is 11.8. The molecule has 0 bridgehead atoms. The van der Waals surface area contributed by atoms with Crippen molar-refractivity contribution in [2.24, 2.45) is 0 Å². The minimum atomic E-state index is -0.0141. The Balaban J connectivity index is 2.13. The Bertz CT molecular complexity index is 570. The number of hydrogen-bond donors (Lipinski definition) is 1. The first kappa shape index (κ1) is 15.1. The van der Waals surface area contributed by atoms with Crippen molar-refractivity contribution in [2.75, 3.05) is 37.6 Å². The molecule has 2 amide bonds. The molecule has 0 aliphatic carbocycles. The molecule has 1 aliphatic heterocycles. The van der Waals surface area contributed by atoms with E-state index in [0.29, 0.717) is 25.2 Å². The van der Waals surface area contributed by atoms with E-state index in [4.69, 9.17) is 0 Å². The van der Waals surface area contributed by atoms with Crippen molar-refractivity contribution in [1.29, 1.82) is 5.26 Å². The van der Waals surface area contributed by atoms with Crippen molar-refractivity contribution in [3.63, 3.8) is 0 Å². The second-order valence-electron chi connectivity index (χ2n) is 5.16. The summed E-state index contributed by atoms with van der Waals surface area (Å²) in [7, 11) is 0. The van der Waals surface area contributed by atoms with Crippen LogP contribution in [-0.2, 0) is 0 Å². The maximum Gasteiger partial charge on any atom is 0.317 e. The number of nitriles is 1. The van der Waals surface area contributed by atoms with Gasteiger partial charge in [-0.15, -0.1) is 0 Å². The number of nitrogens with one attached hydrogen (secondary N) is 1. The predicted molar refractivity (Wildman–Crippen MR) is 81.3 cm³/mol. The molecule has 112 valence electrons. The Morgan fingerprint density at radius 1 is 1.38 bits per heavy atom. The van der Waals surface area contributed by atoms with Gasteiger partial charge in [0.2, 0.25) is 0 Å². The highest BCUT2D eigenvalue weighted by Gasteiger charge is 2.23. The van der Waals surface area contributed by atoms with Gasteiger partial charge in [-0.05, 0) is 26.8 Å².